The predicted molar refractivity (Wildman–Crippen MR) is 121 cm³/mol. The summed E-state index contributed by atoms with van der Waals surface area (Å²) < 4.78 is 5.41. The molecule has 2 aromatic rings. The number of para-hydroxylation sites is 1. The highest BCUT2D eigenvalue weighted by molar-refractivity contribution is 6.05. The largest absolute Gasteiger partial charge is 0.463 e. The van der Waals surface area contributed by atoms with Crippen molar-refractivity contribution in [2.75, 3.05) is 11.5 Å². The maximum absolute atomic E-state index is 13.5. The van der Waals surface area contributed by atoms with E-state index in [9.17, 15) is 9.59 Å². The van der Waals surface area contributed by atoms with E-state index in [0.29, 0.717) is 29.8 Å². The van der Waals surface area contributed by atoms with E-state index in [4.69, 9.17) is 10.5 Å². The van der Waals surface area contributed by atoms with Gasteiger partial charge in [0.15, 0.2) is 5.78 Å². The van der Waals surface area contributed by atoms with Crippen LogP contribution in [0.1, 0.15) is 45.1 Å². The van der Waals surface area contributed by atoms with E-state index in [1.54, 1.807) is 6.92 Å². The summed E-state index contributed by atoms with van der Waals surface area (Å²) in [6, 6.07) is 19.3. The fraction of sp³-hybridized carbons (Fsp3) is 0.308. The zero-order valence-corrected chi connectivity index (χ0v) is 18.2. The summed E-state index contributed by atoms with van der Waals surface area (Å²) in [5.74, 6) is -0.657. The van der Waals surface area contributed by atoms with Gasteiger partial charge in [-0.25, -0.2) is 4.79 Å². The lowest BCUT2D eigenvalue weighted by molar-refractivity contribution is -0.138. The molecule has 2 aromatic carbocycles. The van der Waals surface area contributed by atoms with Crippen molar-refractivity contribution < 1.29 is 14.3 Å². The third kappa shape index (κ3) is 3.76. The summed E-state index contributed by atoms with van der Waals surface area (Å²) in [7, 11) is 0. The molecule has 5 nitrogen and oxygen atoms in total. The molecule has 5 heteroatoms. The van der Waals surface area contributed by atoms with Gasteiger partial charge in [0.25, 0.3) is 0 Å². The van der Waals surface area contributed by atoms with Crippen LogP contribution in [0.15, 0.2) is 83.3 Å². The molecule has 31 heavy (non-hydrogen) atoms. The van der Waals surface area contributed by atoms with Gasteiger partial charge in [0.1, 0.15) is 5.82 Å². The van der Waals surface area contributed by atoms with Crippen molar-refractivity contribution in [3.8, 4) is 0 Å². The predicted octanol–water partition coefficient (Wildman–Crippen LogP) is 4.67. The molecule has 1 aliphatic heterocycles. The Bertz CT molecular complexity index is 1070. The van der Waals surface area contributed by atoms with Gasteiger partial charge in [0.2, 0.25) is 0 Å². The fourth-order valence-corrected chi connectivity index (χ4v) is 4.67. The number of hydrogen-bond acceptors (Lipinski definition) is 5. The second-order valence-corrected chi connectivity index (χ2v) is 8.84. The Kier molecular flexibility index (Phi) is 5.44. The molecule has 0 aromatic heterocycles. The summed E-state index contributed by atoms with van der Waals surface area (Å²) in [4.78, 5) is 28.6. The first-order valence-corrected chi connectivity index (χ1v) is 10.7. The van der Waals surface area contributed by atoms with Gasteiger partial charge >= 0.3 is 5.97 Å². The van der Waals surface area contributed by atoms with Gasteiger partial charge in [-0.3, -0.25) is 9.69 Å². The van der Waals surface area contributed by atoms with Crippen LogP contribution in [-0.4, -0.2) is 18.4 Å². The number of hydrogen-bond donors (Lipinski definition) is 1. The van der Waals surface area contributed by atoms with Crippen molar-refractivity contribution in [1.82, 2.24) is 0 Å². The molecular formula is C26H28N2O3. The molecule has 1 aliphatic carbocycles. The van der Waals surface area contributed by atoms with Crippen LogP contribution < -0.4 is 10.6 Å². The molecule has 0 radical (unpaired) electrons. The zero-order chi connectivity index (χ0) is 22.2. The highest BCUT2D eigenvalue weighted by Gasteiger charge is 2.46. The maximum atomic E-state index is 13.5. The van der Waals surface area contributed by atoms with Crippen LogP contribution in [0.2, 0.25) is 0 Å². The zero-order valence-electron chi connectivity index (χ0n) is 18.2. The van der Waals surface area contributed by atoms with Crippen LogP contribution in [0.5, 0.6) is 0 Å². The Morgan fingerprint density at radius 3 is 2.29 bits per heavy atom. The lowest BCUT2D eigenvalue weighted by atomic mass is 9.68. The first-order chi connectivity index (χ1) is 14.8. The monoisotopic (exact) mass is 416 g/mol. The second-order valence-electron chi connectivity index (χ2n) is 8.84. The number of ether oxygens (including phenoxy) is 1. The number of rotatable bonds is 4. The molecule has 1 atom stereocenters. The Balaban J connectivity index is 2.01. The van der Waals surface area contributed by atoms with E-state index in [2.05, 4.69) is 13.8 Å². The number of Topliss-reactive ketones (excluding diaryl/α,β-unsaturated/α-hetero) is 1. The van der Waals surface area contributed by atoms with Gasteiger partial charge in [-0.1, -0.05) is 62.4 Å². The normalized spacial score (nSPS) is 20.5. The molecule has 4 rings (SSSR count). The lowest BCUT2D eigenvalue weighted by Crippen LogP contribution is -2.43. The highest BCUT2D eigenvalue weighted by atomic mass is 16.5. The molecular weight excluding hydrogens is 388 g/mol. The van der Waals surface area contributed by atoms with E-state index in [0.717, 1.165) is 16.9 Å². The maximum Gasteiger partial charge on any atom is 0.338 e. The molecule has 1 heterocycles. The van der Waals surface area contributed by atoms with Crippen LogP contribution in [0.4, 0.5) is 5.69 Å². The Hall–Kier alpha value is -3.34. The minimum atomic E-state index is -0.543. The van der Waals surface area contributed by atoms with Crippen LogP contribution in [0.3, 0.4) is 0 Å². The molecule has 0 saturated carbocycles. The lowest BCUT2D eigenvalue weighted by Gasteiger charge is -2.44. The molecule has 0 fully saturated rings. The molecule has 2 N–H and O–H groups in total. The van der Waals surface area contributed by atoms with Crippen LogP contribution in [0.25, 0.3) is 0 Å². The van der Waals surface area contributed by atoms with Crippen molar-refractivity contribution in [3.05, 3.63) is 88.9 Å². The van der Waals surface area contributed by atoms with E-state index < -0.39 is 11.9 Å². The number of esters is 1. The molecule has 1 unspecified atom stereocenters. The van der Waals surface area contributed by atoms with Crippen molar-refractivity contribution in [2.24, 2.45) is 11.1 Å². The fourth-order valence-electron chi connectivity index (χ4n) is 4.67. The van der Waals surface area contributed by atoms with E-state index in [1.165, 1.54) is 0 Å². The second kappa shape index (κ2) is 8.06. The Labute approximate surface area is 183 Å². The number of anilines is 1. The summed E-state index contributed by atoms with van der Waals surface area (Å²) in [6.07, 6.45) is 1.11. The van der Waals surface area contributed by atoms with Crippen LogP contribution in [0, 0.1) is 5.41 Å². The first kappa shape index (κ1) is 20.9. The molecule has 0 saturated heterocycles. The topological polar surface area (TPSA) is 72.6 Å². The minimum Gasteiger partial charge on any atom is -0.463 e. The summed E-state index contributed by atoms with van der Waals surface area (Å²) in [6.45, 7) is 6.19. The van der Waals surface area contributed by atoms with E-state index in [-0.39, 0.29) is 17.8 Å². The SMILES string of the molecule is CCOC(=O)C1=C(N)N(c2ccccc2)C2=C(C(=O)CC(C)(C)C2)C1c1ccccc1. The van der Waals surface area contributed by atoms with Crippen molar-refractivity contribution in [3.63, 3.8) is 0 Å². The quantitative estimate of drug-likeness (QED) is 0.734. The van der Waals surface area contributed by atoms with Crippen LogP contribution >= 0.6 is 0 Å². The molecule has 0 amide bonds. The summed E-state index contributed by atoms with van der Waals surface area (Å²) in [5.41, 5.74) is 10.0. The third-order valence-corrected chi connectivity index (χ3v) is 5.90. The number of nitrogens with zero attached hydrogens (tertiary/aromatic N) is 1. The number of carbonyl (C=O) groups excluding carboxylic acids is 2. The summed E-state index contributed by atoms with van der Waals surface area (Å²) >= 11 is 0. The van der Waals surface area contributed by atoms with Crippen molar-refractivity contribution in [1.29, 1.82) is 0 Å². The van der Waals surface area contributed by atoms with E-state index in [1.807, 2.05) is 65.6 Å². The number of allylic oxidation sites excluding steroid dienone is 2. The van der Waals surface area contributed by atoms with Gasteiger partial charge in [0, 0.05) is 23.4 Å². The van der Waals surface area contributed by atoms with Crippen LogP contribution in [-0.2, 0) is 14.3 Å². The minimum absolute atomic E-state index is 0.0512. The Morgan fingerprint density at radius 1 is 1.06 bits per heavy atom. The van der Waals surface area contributed by atoms with Gasteiger partial charge < -0.3 is 10.5 Å². The smallest absolute Gasteiger partial charge is 0.338 e. The molecule has 0 spiro atoms. The average molecular weight is 417 g/mol. The Morgan fingerprint density at radius 2 is 1.68 bits per heavy atom. The average Bonchev–Trinajstić information content (AvgIpc) is 2.73. The van der Waals surface area contributed by atoms with Crippen molar-refractivity contribution >= 4 is 17.4 Å². The third-order valence-electron chi connectivity index (χ3n) is 5.90. The molecule has 2 aliphatic rings. The number of carbonyl (C=O) groups is 2. The van der Waals surface area contributed by atoms with Gasteiger partial charge in [0.05, 0.1) is 18.1 Å². The van der Waals surface area contributed by atoms with Gasteiger partial charge in [-0.15, -0.1) is 0 Å². The van der Waals surface area contributed by atoms with Gasteiger partial charge in [-0.2, -0.15) is 0 Å². The molecule has 160 valence electrons. The number of ketones is 1. The standard InChI is InChI=1S/C26H28N2O3/c1-4-31-25(30)23-21(17-11-7-5-8-12-17)22-19(15-26(2,3)16-20(22)29)28(24(23)27)18-13-9-6-10-14-18/h5-14,21H,4,15-16,27H2,1-3H3. The first-order valence-electron chi connectivity index (χ1n) is 10.7. The number of nitrogens with two attached hydrogens (primary N) is 1. The summed E-state index contributed by atoms with van der Waals surface area (Å²) in [5, 5.41) is 0. The number of benzene rings is 2. The van der Waals surface area contributed by atoms with E-state index >= 15 is 0 Å². The van der Waals surface area contributed by atoms with Gasteiger partial charge in [-0.05, 0) is 36.5 Å². The van der Waals surface area contributed by atoms with Crippen molar-refractivity contribution in [2.45, 2.75) is 39.5 Å². The highest BCUT2D eigenvalue weighted by Crippen LogP contribution is 2.50. The molecule has 0 bridgehead atoms.